The van der Waals surface area contributed by atoms with Gasteiger partial charge in [0.05, 0.1) is 15.9 Å². The number of nitrogens with zero attached hydrogens (tertiary/aromatic N) is 1. The summed E-state index contributed by atoms with van der Waals surface area (Å²) in [4.78, 5) is 21.9. The van der Waals surface area contributed by atoms with E-state index in [0.717, 1.165) is 0 Å². The Morgan fingerprint density at radius 1 is 1.45 bits per heavy atom. The summed E-state index contributed by atoms with van der Waals surface area (Å²) in [6, 6.07) is 5.37. The van der Waals surface area contributed by atoms with Crippen molar-refractivity contribution in [1.82, 2.24) is 5.32 Å². The first-order valence-electron chi connectivity index (χ1n) is 6.00. The van der Waals surface area contributed by atoms with E-state index >= 15 is 0 Å². The number of nitro groups is 1. The van der Waals surface area contributed by atoms with Crippen molar-refractivity contribution >= 4 is 23.2 Å². The van der Waals surface area contributed by atoms with Gasteiger partial charge in [-0.15, -0.1) is 11.6 Å². The van der Waals surface area contributed by atoms with Gasteiger partial charge in [-0.05, 0) is 26.0 Å². The fourth-order valence-corrected chi connectivity index (χ4v) is 1.56. The molecule has 1 N–H and O–H groups in total. The number of methoxy groups -OCH3 is 1. The van der Waals surface area contributed by atoms with E-state index in [4.69, 9.17) is 16.3 Å². The molecule has 0 fully saturated rings. The van der Waals surface area contributed by atoms with Crippen LogP contribution in [0.4, 0.5) is 5.69 Å². The molecule has 1 aromatic carbocycles. The van der Waals surface area contributed by atoms with Crippen molar-refractivity contribution in [3.8, 4) is 0 Å². The van der Waals surface area contributed by atoms with E-state index in [1.54, 1.807) is 7.11 Å². The number of ether oxygens (including phenoxy) is 1. The van der Waals surface area contributed by atoms with Crippen molar-refractivity contribution in [3.05, 3.63) is 39.9 Å². The summed E-state index contributed by atoms with van der Waals surface area (Å²) in [5, 5.41) is 12.8. The number of alkyl halides is 1. The molecule has 0 aliphatic carbocycles. The zero-order valence-electron chi connectivity index (χ0n) is 11.6. The van der Waals surface area contributed by atoms with Crippen LogP contribution in [0.15, 0.2) is 24.3 Å². The molecule has 0 aliphatic rings. The Labute approximate surface area is 122 Å². The molecule has 0 saturated heterocycles. The average molecular weight is 301 g/mol. The zero-order valence-corrected chi connectivity index (χ0v) is 12.3. The Hall–Kier alpha value is -1.66. The Balaban J connectivity index is 2.61. The molecule has 1 aromatic rings. The van der Waals surface area contributed by atoms with E-state index in [1.165, 1.54) is 24.3 Å². The molecule has 1 amide bonds. The number of nitro benzene ring substituents is 1. The lowest BCUT2D eigenvalue weighted by Gasteiger charge is -2.28. The normalized spacial score (nSPS) is 12.8. The van der Waals surface area contributed by atoms with E-state index in [0.29, 0.717) is 5.56 Å². The lowest BCUT2D eigenvalue weighted by Crippen LogP contribution is -2.42. The maximum atomic E-state index is 11.9. The average Bonchev–Trinajstić information content (AvgIpc) is 2.44. The number of benzene rings is 1. The molecule has 1 atom stereocenters. The molecular weight excluding hydrogens is 284 g/mol. The third-order valence-corrected chi connectivity index (χ3v) is 3.74. The van der Waals surface area contributed by atoms with E-state index in [1.807, 2.05) is 13.8 Å². The maximum Gasteiger partial charge on any atom is 0.269 e. The highest BCUT2D eigenvalue weighted by molar-refractivity contribution is 6.21. The Morgan fingerprint density at radius 3 is 2.45 bits per heavy atom. The molecule has 0 bridgehead atoms. The Bertz CT molecular complexity index is 488. The van der Waals surface area contributed by atoms with Crippen molar-refractivity contribution in [3.63, 3.8) is 0 Å². The van der Waals surface area contributed by atoms with Crippen LogP contribution < -0.4 is 5.32 Å². The zero-order chi connectivity index (χ0) is 15.3. The molecule has 0 aliphatic heterocycles. The molecule has 20 heavy (non-hydrogen) atoms. The summed E-state index contributed by atoms with van der Waals surface area (Å²) in [5.41, 5.74) is -0.281. The van der Waals surface area contributed by atoms with Crippen LogP contribution in [0, 0.1) is 10.1 Å². The third kappa shape index (κ3) is 4.18. The molecule has 7 heteroatoms. The van der Waals surface area contributed by atoms with Gasteiger partial charge in [-0.2, -0.15) is 0 Å². The first kappa shape index (κ1) is 16.4. The van der Waals surface area contributed by atoms with Crippen LogP contribution in [-0.4, -0.2) is 35.5 Å². The molecular formula is C13H17ClN2O4. The van der Waals surface area contributed by atoms with Gasteiger partial charge in [0.1, 0.15) is 0 Å². The molecule has 1 rings (SSSR count). The van der Waals surface area contributed by atoms with Gasteiger partial charge in [-0.3, -0.25) is 14.9 Å². The lowest BCUT2D eigenvalue weighted by molar-refractivity contribution is -0.384. The maximum absolute atomic E-state index is 11.9. The predicted molar refractivity (Wildman–Crippen MR) is 76.2 cm³/mol. The molecule has 0 saturated carbocycles. The quantitative estimate of drug-likeness (QED) is 0.497. The molecule has 0 heterocycles. The van der Waals surface area contributed by atoms with Crippen molar-refractivity contribution in [2.75, 3.05) is 13.7 Å². The number of halogens is 1. The van der Waals surface area contributed by atoms with Gasteiger partial charge in [0, 0.05) is 31.4 Å². The van der Waals surface area contributed by atoms with Gasteiger partial charge in [0.15, 0.2) is 0 Å². The van der Waals surface area contributed by atoms with Gasteiger partial charge >= 0.3 is 0 Å². The minimum Gasteiger partial charge on any atom is -0.377 e. The van der Waals surface area contributed by atoms with Crippen LogP contribution >= 0.6 is 11.6 Å². The number of nitrogens with one attached hydrogen (secondary N) is 1. The Morgan fingerprint density at radius 2 is 2.00 bits per heavy atom. The van der Waals surface area contributed by atoms with Gasteiger partial charge in [0.25, 0.3) is 11.6 Å². The van der Waals surface area contributed by atoms with Crippen LogP contribution in [0.2, 0.25) is 0 Å². The van der Waals surface area contributed by atoms with Crippen LogP contribution in [0.5, 0.6) is 0 Å². The van der Waals surface area contributed by atoms with Gasteiger partial charge in [-0.1, -0.05) is 0 Å². The standard InChI is InChI=1S/C13H17ClN2O4/c1-13(2,20-3)11(14)8-15-12(17)9-4-6-10(7-5-9)16(18)19/h4-7,11H,8H2,1-3H3,(H,15,17)/t11-/m1/s1. The van der Waals surface area contributed by atoms with Crippen molar-refractivity contribution in [2.24, 2.45) is 0 Å². The fourth-order valence-electron chi connectivity index (χ4n) is 1.39. The summed E-state index contributed by atoms with van der Waals surface area (Å²) in [6.07, 6.45) is 0. The van der Waals surface area contributed by atoms with E-state index in [2.05, 4.69) is 5.32 Å². The van der Waals surface area contributed by atoms with E-state index in [9.17, 15) is 14.9 Å². The minimum atomic E-state index is -0.565. The second kappa shape index (κ2) is 6.67. The second-order valence-corrected chi connectivity index (χ2v) is 5.32. The van der Waals surface area contributed by atoms with Crippen LogP contribution in [0.3, 0.4) is 0 Å². The lowest BCUT2D eigenvalue weighted by atomic mass is 10.0. The summed E-state index contributed by atoms with van der Waals surface area (Å²) < 4.78 is 5.22. The molecule has 0 spiro atoms. The molecule has 0 radical (unpaired) electrons. The van der Waals surface area contributed by atoms with Crippen molar-refractivity contribution in [1.29, 1.82) is 0 Å². The van der Waals surface area contributed by atoms with E-state index in [-0.39, 0.29) is 18.1 Å². The number of hydrogen-bond donors (Lipinski definition) is 1. The van der Waals surface area contributed by atoms with Gasteiger partial charge in [0.2, 0.25) is 0 Å². The van der Waals surface area contributed by atoms with Crippen LogP contribution in [-0.2, 0) is 4.74 Å². The predicted octanol–water partition coefficient (Wildman–Crippen LogP) is 2.36. The number of amides is 1. The number of rotatable bonds is 6. The first-order valence-corrected chi connectivity index (χ1v) is 6.43. The molecule has 110 valence electrons. The summed E-state index contributed by atoms with van der Waals surface area (Å²) in [6.45, 7) is 3.88. The molecule has 6 nitrogen and oxygen atoms in total. The summed E-state index contributed by atoms with van der Waals surface area (Å²) >= 11 is 6.14. The van der Waals surface area contributed by atoms with Crippen molar-refractivity contribution in [2.45, 2.75) is 24.8 Å². The highest BCUT2D eigenvalue weighted by Gasteiger charge is 2.27. The Kier molecular flexibility index (Phi) is 5.47. The number of carbonyl (C=O) groups excluding carboxylic acids is 1. The third-order valence-electron chi connectivity index (χ3n) is 3.06. The highest BCUT2D eigenvalue weighted by Crippen LogP contribution is 2.18. The summed E-state index contributed by atoms with van der Waals surface area (Å²) in [7, 11) is 1.55. The monoisotopic (exact) mass is 300 g/mol. The second-order valence-electron chi connectivity index (χ2n) is 4.79. The topological polar surface area (TPSA) is 81.5 Å². The number of hydrogen-bond acceptors (Lipinski definition) is 4. The van der Waals surface area contributed by atoms with Crippen LogP contribution in [0.1, 0.15) is 24.2 Å². The smallest absolute Gasteiger partial charge is 0.269 e. The largest absolute Gasteiger partial charge is 0.377 e. The first-order chi connectivity index (χ1) is 9.27. The minimum absolute atomic E-state index is 0.0581. The number of carbonyl (C=O) groups is 1. The van der Waals surface area contributed by atoms with Crippen LogP contribution in [0.25, 0.3) is 0 Å². The fraction of sp³-hybridized carbons (Fsp3) is 0.462. The van der Waals surface area contributed by atoms with Crippen molar-refractivity contribution < 1.29 is 14.5 Å². The summed E-state index contributed by atoms with van der Waals surface area (Å²) in [5.74, 6) is -0.336. The van der Waals surface area contributed by atoms with Gasteiger partial charge in [-0.25, -0.2) is 0 Å². The van der Waals surface area contributed by atoms with Gasteiger partial charge < -0.3 is 10.1 Å². The number of non-ortho nitro benzene ring substituents is 1. The highest BCUT2D eigenvalue weighted by atomic mass is 35.5. The molecule has 0 aromatic heterocycles. The SMILES string of the molecule is COC(C)(C)[C@H](Cl)CNC(=O)c1ccc([N+](=O)[O-])cc1. The molecule has 0 unspecified atom stereocenters. The van der Waals surface area contributed by atoms with E-state index < -0.39 is 15.9 Å².